The van der Waals surface area contributed by atoms with E-state index in [1.807, 2.05) is 6.07 Å². The minimum atomic E-state index is 0.352. The van der Waals surface area contributed by atoms with Gasteiger partial charge < -0.3 is 10.2 Å². The van der Waals surface area contributed by atoms with Crippen LogP contribution >= 0.6 is 0 Å². The van der Waals surface area contributed by atoms with E-state index in [9.17, 15) is 4.79 Å². The second kappa shape index (κ2) is 7.10. The minimum absolute atomic E-state index is 0.352. The minimum Gasteiger partial charge on any atom is -0.342 e. The molecule has 1 saturated carbocycles. The molecule has 22 heavy (non-hydrogen) atoms. The maximum atomic E-state index is 12.1. The molecule has 1 aromatic carbocycles. The molecular weight excluding hydrogens is 272 g/mol. The fourth-order valence-electron chi connectivity index (χ4n) is 3.22. The Labute approximate surface area is 133 Å². The first-order valence-corrected chi connectivity index (χ1v) is 8.48. The second-order valence-electron chi connectivity index (χ2n) is 6.65. The Kier molecular flexibility index (Phi) is 4.94. The van der Waals surface area contributed by atoms with E-state index in [4.69, 9.17) is 0 Å². The summed E-state index contributed by atoms with van der Waals surface area (Å²) in [6, 6.07) is 10.9. The number of hydrogen-bond donors (Lipinski definition) is 1. The van der Waals surface area contributed by atoms with Gasteiger partial charge >= 0.3 is 0 Å². The van der Waals surface area contributed by atoms with Crippen LogP contribution in [-0.4, -0.2) is 36.5 Å². The summed E-state index contributed by atoms with van der Waals surface area (Å²) in [5.41, 5.74) is 1.24. The highest BCUT2D eigenvalue weighted by atomic mass is 16.2. The third kappa shape index (κ3) is 3.98. The SMILES string of the molecule is CC1CN(C(=O)C2CC2)CCC1NC/C=C/c1ccccc1. The fraction of sp³-hybridized carbons (Fsp3) is 0.526. The topological polar surface area (TPSA) is 32.3 Å². The van der Waals surface area contributed by atoms with Gasteiger partial charge in [0, 0.05) is 31.6 Å². The van der Waals surface area contributed by atoms with Gasteiger partial charge in [-0.1, -0.05) is 49.4 Å². The van der Waals surface area contributed by atoms with Crippen molar-refractivity contribution >= 4 is 12.0 Å². The van der Waals surface area contributed by atoms with E-state index >= 15 is 0 Å². The number of carbonyl (C=O) groups is 1. The Hall–Kier alpha value is -1.61. The molecule has 1 aromatic rings. The average Bonchev–Trinajstić information content (AvgIpc) is 3.38. The van der Waals surface area contributed by atoms with Gasteiger partial charge in [-0.05, 0) is 30.7 Å². The lowest BCUT2D eigenvalue weighted by atomic mass is 9.93. The summed E-state index contributed by atoms with van der Waals surface area (Å²) in [5.74, 6) is 1.28. The van der Waals surface area contributed by atoms with Crippen molar-refractivity contribution in [1.82, 2.24) is 10.2 Å². The van der Waals surface area contributed by atoms with Crippen molar-refractivity contribution in [2.24, 2.45) is 11.8 Å². The van der Waals surface area contributed by atoms with Crippen molar-refractivity contribution in [2.45, 2.75) is 32.2 Å². The number of carbonyl (C=O) groups excluding carboxylic acids is 1. The van der Waals surface area contributed by atoms with Crippen LogP contribution < -0.4 is 5.32 Å². The van der Waals surface area contributed by atoms with Crippen molar-refractivity contribution in [1.29, 1.82) is 0 Å². The first-order chi connectivity index (χ1) is 10.7. The highest BCUT2D eigenvalue weighted by Crippen LogP contribution is 2.32. The molecule has 1 saturated heterocycles. The Bertz CT molecular complexity index is 521. The number of nitrogens with zero attached hydrogens (tertiary/aromatic N) is 1. The van der Waals surface area contributed by atoms with Crippen LogP contribution in [0.4, 0.5) is 0 Å². The van der Waals surface area contributed by atoms with E-state index in [1.54, 1.807) is 0 Å². The van der Waals surface area contributed by atoms with Crippen LogP contribution in [0.3, 0.4) is 0 Å². The van der Waals surface area contributed by atoms with Crippen LogP contribution in [0.15, 0.2) is 36.4 Å². The van der Waals surface area contributed by atoms with Gasteiger partial charge in [-0.25, -0.2) is 0 Å². The Balaban J connectivity index is 1.42. The number of piperidine rings is 1. The van der Waals surface area contributed by atoms with E-state index in [-0.39, 0.29) is 0 Å². The van der Waals surface area contributed by atoms with Crippen molar-refractivity contribution in [3.63, 3.8) is 0 Å². The van der Waals surface area contributed by atoms with E-state index in [1.165, 1.54) is 5.56 Å². The molecule has 1 amide bonds. The summed E-state index contributed by atoms with van der Waals surface area (Å²) in [6.07, 6.45) is 7.62. The third-order valence-corrected chi connectivity index (χ3v) is 4.75. The van der Waals surface area contributed by atoms with Crippen molar-refractivity contribution in [2.75, 3.05) is 19.6 Å². The highest BCUT2D eigenvalue weighted by molar-refractivity contribution is 5.81. The first-order valence-electron chi connectivity index (χ1n) is 8.48. The number of nitrogens with one attached hydrogen (secondary N) is 1. The molecular formula is C19H26N2O. The lowest BCUT2D eigenvalue weighted by molar-refractivity contribution is -0.134. The molecule has 0 bridgehead atoms. The number of benzene rings is 1. The lowest BCUT2D eigenvalue weighted by Gasteiger charge is -2.37. The van der Waals surface area contributed by atoms with Gasteiger partial charge in [0.25, 0.3) is 0 Å². The molecule has 3 heteroatoms. The van der Waals surface area contributed by atoms with Gasteiger partial charge in [-0.2, -0.15) is 0 Å². The zero-order chi connectivity index (χ0) is 15.4. The maximum absolute atomic E-state index is 12.1. The van der Waals surface area contributed by atoms with E-state index < -0.39 is 0 Å². The Morgan fingerprint density at radius 2 is 2.05 bits per heavy atom. The molecule has 2 aliphatic rings. The van der Waals surface area contributed by atoms with E-state index in [2.05, 4.69) is 53.6 Å². The molecule has 2 fully saturated rings. The molecule has 1 aliphatic heterocycles. The standard InChI is InChI=1S/C19H26N2O/c1-15-14-21(19(22)17-9-10-17)13-11-18(15)20-12-5-8-16-6-3-2-4-7-16/h2-8,15,17-18,20H,9-14H2,1H3/b8-5+. The quantitative estimate of drug-likeness (QED) is 0.906. The molecule has 3 rings (SSSR count). The lowest BCUT2D eigenvalue weighted by Crippen LogP contribution is -2.50. The van der Waals surface area contributed by atoms with Crippen molar-refractivity contribution < 1.29 is 4.79 Å². The summed E-state index contributed by atoms with van der Waals surface area (Å²) < 4.78 is 0. The summed E-state index contributed by atoms with van der Waals surface area (Å²) in [5, 5.41) is 3.62. The first kappa shape index (κ1) is 15.3. The molecule has 1 aliphatic carbocycles. The average molecular weight is 298 g/mol. The van der Waals surface area contributed by atoms with Gasteiger partial charge in [0.2, 0.25) is 5.91 Å². The van der Waals surface area contributed by atoms with Crippen molar-refractivity contribution in [3.8, 4) is 0 Å². The Morgan fingerprint density at radius 1 is 1.27 bits per heavy atom. The molecule has 1 N–H and O–H groups in total. The number of hydrogen-bond acceptors (Lipinski definition) is 2. The summed E-state index contributed by atoms with van der Waals surface area (Å²) in [6.45, 7) is 4.97. The van der Waals surface area contributed by atoms with Gasteiger partial charge in [-0.3, -0.25) is 4.79 Å². The highest BCUT2D eigenvalue weighted by Gasteiger charge is 2.36. The summed E-state index contributed by atoms with van der Waals surface area (Å²) in [4.78, 5) is 14.2. The van der Waals surface area contributed by atoms with Gasteiger partial charge in [0.1, 0.15) is 0 Å². The molecule has 2 atom stereocenters. The summed E-state index contributed by atoms with van der Waals surface area (Å²) in [7, 11) is 0. The largest absolute Gasteiger partial charge is 0.342 e. The summed E-state index contributed by atoms with van der Waals surface area (Å²) >= 11 is 0. The Morgan fingerprint density at radius 3 is 2.73 bits per heavy atom. The normalized spacial score (nSPS) is 25.6. The smallest absolute Gasteiger partial charge is 0.225 e. The van der Waals surface area contributed by atoms with E-state index in [0.717, 1.165) is 38.9 Å². The third-order valence-electron chi connectivity index (χ3n) is 4.75. The molecule has 0 radical (unpaired) electrons. The maximum Gasteiger partial charge on any atom is 0.225 e. The molecule has 0 aromatic heterocycles. The van der Waals surface area contributed by atoms with Gasteiger partial charge in [-0.15, -0.1) is 0 Å². The van der Waals surface area contributed by atoms with Crippen molar-refractivity contribution in [3.05, 3.63) is 42.0 Å². The second-order valence-corrected chi connectivity index (χ2v) is 6.65. The van der Waals surface area contributed by atoms with Gasteiger partial charge in [0.15, 0.2) is 0 Å². The fourth-order valence-corrected chi connectivity index (χ4v) is 3.22. The van der Waals surface area contributed by atoms with Gasteiger partial charge in [0.05, 0.1) is 0 Å². The monoisotopic (exact) mass is 298 g/mol. The van der Waals surface area contributed by atoms with Crippen LogP contribution in [0, 0.1) is 11.8 Å². The predicted molar refractivity (Wildman–Crippen MR) is 90.4 cm³/mol. The molecule has 118 valence electrons. The van der Waals surface area contributed by atoms with Crippen LogP contribution in [0.1, 0.15) is 31.7 Å². The molecule has 2 unspecified atom stereocenters. The van der Waals surface area contributed by atoms with Crippen LogP contribution in [-0.2, 0) is 4.79 Å². The zero-order valence-corrected chi connectivity index (χ0v) is 13.4. The molecule has 1 heterocycles. The number of amides is 1. The predicted octanol–water partition coefficient (Wildman–Crippen LogP) is 2.94. The van der Waals surface area contributed by atoms with Crippen LogP contribution in [0.25, 0.3) is 6.08 Å². The van der Waals surface area contributed by atoms with Crippen LogP contribution in [0.5, 0.6) is 0 Å². The van der Waals surface area contributed by atoms with Crippen LogP contribution in [0.2, 0.25) is 0 Å². The number of likely N-dealkylation sites (tertiary alicyclic amines) is 1. The molecule has 3 nitrogen and oxygen atoms in total. The van der Waals surface area contributed by atoms with E-state index in [0.29, 0.717) is 23.8 Å². The molecule has 0 spiro atoms. The number of rotatable bonds is 5. The zero-order valence-electron chi connectivity index (χ0n) is 13.4.